The van der Waals surface area contributed by atoms with Crippen LogP contribution in [0.2, 0.25) is 0 Å². The van der Waals surface area contributed by atoms with Crippen molar-refractivity contribution < 1.29 is 4.79 Å². The van der Waals surface area contributed by atoms with Crippen molar-refractivity contribution in [1.82, 2.24) is 0 Å². The molecule has 0 unspecified atom stereocenters. The molecule has 2 aromatic carbocycles. The van der Waals surface area contributed by atoms with Crippen molar-refractivity contribution in [1.29, 1.82) is 0 Å². The summed E-state index contributed by atoms with van der Waals surface area (Å²) < 4.78 is 1.63. The lowest BCUT2D eigenvalue weighted by molar-refractivity contribution is -0.112. The predicted molar refractivity (Wildman–Crippen MR) is 91.1 cm³/mol. The minimum atomic E-state index is -0.162. The zero-order valence-corrected chi connectivity index (χ0v) is 13.7. The van der Waals surface area contributed by atoms with E-state index in [2.05, 4.69) is 43.8 Å². The Morgan fingerprint density at radius 1 is 1.05 bits per heavy atom. The van der Waals surface area contributed by atoms with Gasteiger partial charge < -0.3 is 5.32 Å². The third-order valence-electron chi connectivity index (χ3n) is 2.41. The van der Waals surface area contributed by atoms with E-state index in [9.17, 15) is 4.79 Å². The minimum absolute atomic E-state index is 0.162. The molecule has 96 valence electrons. The van der Waals surface area contributed by atoms with Crippen LogP contribution in [0.3, 0.4) is 0 Å². The number of nitrogens with one attached hydrogen (secondary N) is 1. The van der Waals surface area contributed by atoms with Gasteiger partial charge in [-0.05, 0) is 74.4 Å². The van der Waals surface area contributed by atoms with E-state index in [0.29, 0.717) is 4.48 Å². The van der Waals surface area contributed by atoms with Crippen molar-refractivity contribution in [2.24, 2.45) is 0 Å². The Morgan fingerprint density at radius 2 is 1.68 bits per heavy atom. The van der Waals surface area contributed by atoms with Crippen LogP contribution in [0.25, 0.3) is 6.08 Å². The molecule has 2 rings (SSSR count). The van der Waals surface area contributed by atoms with Crippen molar-refractivity contribution in [3.63, 3.8) is 0 Å². The number of rotatable bonds is 3. The molecule has 1 amide bonds. The van der Waals surface area contributed by atoms with Gasteiger partial charge in [-0.15, -0.1) is 0 Å². The topological polar surface area (TPSA) is 29.1 Å². The van der Waals surface area contributed by atoms with Crippen LogP contribution in [0, 0.1) is 3.57 Å². The minimum Gasteiger partial charge on any atom is -0.322 e. The van der Waals surface area contributed by atoms with Crippen LogP contribution in [-0.4, -0.2) is 5.91 Å². The van der Waals surface area contributed by atoms with Crippen LogP contribution in [0.1, 0.15) is 5.56 Å². The molecule has 2 aromatic rings. The summed E-state index contributed by atoms with van der Waals surface area (Å²) in [6.45, 7) is 0. The third kappa shape index (κ3) is 4.47. The number of carbonyl (C=O) groups excluding carboxylic acids is 1. The van der Waals surface area contributed by atoms with E-state index in [-0.39, 0.29) is 5.91 Å². The molecule has 1 N–H and O–H groups in total. The average molecular weight is 428 g/mol. The molecule has 0 bridgehead atoms. The largest absolute Gasteiger partial charge is 0.322 e. The first-order valence-corrected chi connectivity index (χ1v) is 7.51. The van der Waals surface area contributed by atoms with Crippen molar-refractivity contribution in [3.8, 4) is 0 Å². The molecule has 0 aromatic heterocycles. The fourth-order valence-electron chi connectivity index (χ4n) is 1.49. The Labute approximate surface area is 134 Å². The number of halogens is 2. The van der Waals surface area contributed by atoms with Crippen LogP contribution >= 0.6 is 38.5 Å². The zero-order chi connectivity index (χ0) is 13.7. The second kappa shape index (κ2) is 6.86. The van der Waals surface area contributed by atoms with Crippen LogP contribution in [-0.2, 0) is 4.79 Å². The number of benzene rings is 2. The molecular formula is C15H11BrINO. The fourth-order valence-corrected chi connectivity index (χ4v) is 2.21. The predicted octanol–water partition coefficient (Wildman–Crippen LogP) is 4.67. The third-order valence-corrected chi connectivity index (χ3v) is 3.72. The number of amides is 1. The van der Waals surface area contributed by atoms with E-state index in [1.165, 1.54) is 0 Å². The second-order valence-corrected chi connectivity index (χ2v) is 5.96. The monoisotopic (exact) mass is 427 g/mol. The lowest BCUT2D eigenvalue weighted by Gasteiger charge is -2.04. The smallest absolute Gasteiger partial charge is 0.262 e. The maximum absolute atomic E-state index is 12.0. The fraction of sp³-hybridized carbons (Fsp3) is 0. The summed E-state index contributed by atoms with van der Waals surface area (Å²) in [6.07, 6.45) is 1.79. The SMILES string of the molecule is O=C(Nc1ccc(I)cc1)C(Br)=Cc1ccccc1. The summed E-state index contributed by atoms with van der Waals surface area (Å²) in [6, 6.07) is 17.4. The van der Waals surface area contributed by atoms with E-state index >= 15 is 0 Å². The Balaban J connectivity index is 2.07. The summed E-state index contributed by atoms with van der Waals surface area (Å²) in [7, 11) is 0. The van der Waals surface area contributed by atoms with Gasteiger partial charge in [0, 0.05) is 9.26 Å². The molecule has 0 fully saturated rings. The van der Waals surface area contributed by atoms with Crippen molar-refractivity contribution in [2.75, 3.05) is 5.32 Å². The van der Waals surface area contributed by atoms with Crippen LogP contribution in [0.4, 0.5) is 5.69 Å². The number of carbonyl (C=O) groups is 1. The highest BCUT2D eigenvalue weighted by molar-refractivity contribution is 14.1. The first-order chi connectivity index (χ1) is 9.15. The number of hydrogen-bond acceptors (Lipinski definition) is 1. The molecule has 0 aliphatic heterocycles. The molecule has 0 saturated heterocycles. The summed E-state index contributed by atoms with van der Waals surface area (Å²) in [5, 5.41) is 2.83. The molecule has 19 heavy (non-hydrogen) atoms. The van der Waals surface area contributed by atoms with E-state index in [1.54, 1.807) is 6.08 Å². The van der Waals surface area contributed by atoms with E-state index in [4.69, 9.17) is 0 Å². The summed E-state index contributed by atoms with van der Waals surface area (Å²) in [5.74, 6) is -0.162. The second-order valence-electron chi connectivity index (χ2n) is 3.86. The first kappa shape index (κ1) is 14.3. The van der Waals surface area contributed by atoms with Gasteiger partial charge in [0.05, 0.1) is 4.48 Å². The molecule has 2 nitrogen and oxygen atoms in total. The van der Waals surface area contributed by atoms with Gasteiger partial charge in [-0.25, -0.2) is 0 Å². The van der Waals surface area contributed by atoms with Crippen LogP contribution in [0.15, 0.2) is 59.1 Å². The maximum Gasteiger partial charge on any atom is 0.262 e. The van der Waals surface area contributed by atoms with Crippen molar-refractivity contribution >= 4 is 56.2 Å². The molecule has 0 atom stereocenters. The molecule has 0 spiro atoms. The van der Waals surface area contributed by atoms with Crippen molar-refractivity contribution in [2.45, 2.75) is 0 Å². The van der Waals surface area contributed by atoms with Gasteiger partial charge in [0.1, 0.15) is 0 Å². The summed E-state index contributed by atoms with van der Waals surface area (Å²) in [5.41, 5.74) is 1.76. The normalized spacial score (nSPS) is 11.2. The highest BCUT2D eigenvalue weighted by Crippen LogP contribution is 2.16. The van der Waals surface area contributed by atoms with Gasteiger partial charge in [-0.3, -0.25) is 4.79 Å². The van der Waals surface area contributed by atoms with Crippen LogP contribution < -0.4 is 5.32 Å². The molecular weight excluding hydrogens is 417 g/mol. The van der Waals surface area contributed by atoms with E-state index in [1.807, 2.05) is 54.6 Å². The highest BCUT2D eigenvalue weighted by Gasteiger charge is 2.06. The Bertz CT molecular complexity index is 593. The van der Waals surface area contributed by atoms with Gasteiger partial charge in [0.15, 0.2) is 0 Å². The first-order valence-electron chi connectivity index (χ1n) is 5.64. The van der Waals surface area contributed by atoms with Gasteiger partial charge >= 0.3 is 0 Å². The molecule has 4 heteroatoms. The van der Waals surface area contributed by atoms with E-state index < -0.39 is 0 Å². The highest BCUT2D eigenvalue weighted by atomic mass is 127. The van der Waals surface area contributed by atoms with Gasteiger partial charge in [0.25, 0.3) is 5.91 Å². The quantitative estimate of drug-likeness (QED) is 0.559. The van der Waals surface area contributed by atoms with Gasteiger partial charge in [0.2, 0.25) is 0 Å². The number of anilines is 1. The zero-order valence-electron chi connectivity index (χ0n) is 9.94. The Kier molecular flexibility index (Phi) is 5.15. The lowest BCUT2D eigenvalue weighted by Crippen LogP contribution is -2.11. The molecule has 0 heterocycles. The average Bonchev–Trinajstić information content (AvgIpc) is 2.42. The van der Waals surface area contributed by atoms with Crippen LogP contribution in [0.5, 0.6) is 0 Å². The van der Waals surface area contributed by atoms with Crippen molar-refractivity contribution in [3.05, 3.63) is 68.2 Å². The Morgan fingerprint density at radius 3 is 2.32 bits per heavy atom. The standard InChI is InChI=1S/C15H11BrINO/c16-14(10-11-4-2-1-3-5-11)15(19)18-13-8-6-12(17)7-9-13/h1-10H,(H,18,19). The van der Waals surface area contributed by atoms with E-state index in [0.717, 1.165) is 14.8 Å². The maximum atomic E-state index is 12.0. The number of hydrogen-bond donors (Lipinski definition) is 1. The molecule has 0 radical (unpaired) electrons. The summed E-state index contributed by atoms with van der Waals surface area (Å²) >= 11 is 5.52. The van der Waals surface area contributed by atoms with Gasteiger partial charge in [-0.1, -0.05) is 30.3 Å². The summed E-state index contributed by atoms with van der Waals surface area (Å²) in [4.78, 5) is 12.0. The Hall–Kier alpha value is -1.14. The van der Waals surface area contributed by atoms with Gasteiger partial charge in [-0.2, -0.15) is 0 Å². The molecule has 0 aliphatic carbocycles. The molecule has 0 aliphatic rings. The lowest BCUT2D eigenvalue weighted by atomic mass is 10.2. The molecule has 0 saturated carbocycles.